The molecule has 5 atom stereocenters. The van der Waals surface area contributed by atoms with Gasteiger partial charge in [-0.1, -0.05) is 31.0 Å². The molecule has 2 amide bonds. The molecule has 1 unspecified atom stereocenters. The van der Waals surface area contributed by atoms with Crippen LogP contribution in [0.2, 0.25) is 5.02 Å². The van der Waals surface area contributed by atoms with Crippen LogP contribution in [-0.4, -0.2) is 63.5 Å². The third-order valence-electron chi connectivity index (χ3n) is 9.22. The van der Waals surface area contributed by atoms with Gasteiger partial charge < -0.3 is 30.5 Å². The number of aliphatic hydroxyl groups is 2. The van der Waals surface area contributed by atoms with E-state index in [-0.39, 0.29) is 53.5 Å². The molecule has 4 heterocycles. The quantitative estimate of drug-likeness (QED) is 0.244. The first-order valence-corrected chi connectivity index (χ1v) is 16.3. The maximum Gasteiger partial charge on any atom is 0.247 e. The monoisotopic (exact) mass is 666 g/mol. The number of pyridine rings is 1. The summed E-state index contributed by atoms with van der Waals surface area (Å²) in [5.74, 6) is -2.50. The number of aliphatic hydroxyl groups excluding tert-OH is 2. The van der Waals surface area contributed by atoms with Gasteiger partial charge in [0, 0.05) is 36.0 Å². The Bertz CT molecular complexity index is 1700. The molecule has 1 aromatic heterocycles. The fourth-order valence-corrected chi connectivity index (χ4v) is 6.73. The molecule has 2 bridgehead atoms. The van der Waals surface area contributed by atoms with Crippen molar-refractivity contribution in [3.05, 3.63) is 82.7 Å². The Morgan fingerprint density at radius 2 is 1.94 bits per heavy atom. The Morgan fingerprint density at radius 3 is 2.72 bits per heavy atom. The molecule has 0 radical (unpaired) electrons. The smallest absolute Gasteiger partial charge is 0.247 e. The number of aromatic nitrogens is 1. The number of nitrogens with one attached hydrogen (secondary N) is 2. The van der Waals surface area contributed by atoms with Crippen LogP contribution in [-0.2, 0) is 14.3 Å². The predicted octanol–water partition coefficient (Wildman–Crippen LogP) is 6.07. The fraction of sp³-hybridized carbons (Fsp3) is 0.400. The van der Waals surface area contributed by atoms with Gasteiger partial charge in [-0.15, -0.1) is 0 Å². The summed E-state index contributed by atoms with van der Waals surface area (Å²) in [6.45, 7) is 1.80. The highest BCUT2D eigenvalue weighted by Crippen LogP contribution is 2.38. The number of nitrogens with zero attached hydrogens (tertiary/aromatic N) is 2. The molecule has 3 aliphatic heterocycles. The summed E-state index contributed by atoms with van der Waals surface area (Å²) < 4.78 is 35.2. The van der Waals surface area contributed by atoms with Crippen LogP contribution in [0.1, 0.15) is 62.7 Å². The lowest BCUT2D eigenvalue weighted by Crippen LogP contribution is -2.43. The predicted molar refractivity (Wildman–Crippen MR) is 174 cm³/mol. The van der Waals surface area contributed by atoms with E-state index in [0.717, 1.165) is 23.3 Å². The van der Waals surface area contributed by atoms with Crippen molar-refractivity contribution < 1.29 is 33.3 Å². The maximum atomic E-state index is 14.8. The Labute approximate surface area is 276 Å². The largest absolute Gasteiger partial charge is 0.394 e. The Hall–Kier alpha value is -3.90. The van der Waals surface area contributed by atoms with Crippen LogP contribution in [0, 0.1) is 17.6 Å². The zero-order valence-corrected chi connectivity index (χ0v) is 26.6. The van der Waals surface area contributed by atoms with Crippen molar-refractivity contribution >= 4 is 40.4 Å². The third-order valence-corrected chi connectivity index (χ3v) is 9.51. The van der Waals surface area contributed by atoms with Crippen molar-refractivity contribution in [3.63, 3.8) is 0 Å². The zero-order valence-electron chi connectivity index (χ0n) is 25.9. The summed E-state index contributed by atoms with van der Waals surface area (Å²) in [6, 6.07) is 11.2. The van der Waals surface area contributed by atoms with E-state index >= 15 is 0 Å². The van der Waals surface area contributed by atoms with Crippen LogP contribution < -0.4 is 10.6 Å². The summed E-state index contributed by atoms with van der Waals surface area (Å²) in [7, 11) is 0. The summed E-state index contributed by atoms with van der Waals surface area (Å²) in [6.07, 6.45) is 4.12. The zero-order chi connectivity index (χ0) is 33.2. The first-order valence-electron chi connectivity index (χ1n) is 15.9. The van der Waals surface area contributed by atoms with E-state index in [9.17, 15) is 28.6 Å². The van der Waals surface area contributed by atoms with E-state index in [1.807, 2.05) is 37.3 Å². The van der Waals surface area contributed by atoms with Crippen LogP contribution in [0.5, 0.6) is 0 Å². The third kappa shape index (κ3) is 7.03. The molecule has 0 aliphatic carbocycles. The molecule has 1 fully saturated rings. The van der Waals surface area contributed by atoms with Gasteiger partial charge in [-0.2, -0.15) is 0 Å². The number of carbonyl (C=O) groups is 2. The van der Waals surface area contributed by atoms with E-state index in [1.165, 1.54) is 6.08 Å². The van der Waals surface area contributed by atoms with E-state index in [0.29, 0.717) is 49.2 Å². The van der Waals surface area contributed by atoms with Crippen molar-refractivity contribution in [2.24, 2.45) is 5.92 Å². The molecule has 9 nitrogen and oxygen atoms in total. The molecule has 12 heteroatoms. The van der Waals surface area contributed by atoms with E-state index in [1.54, 1.807) is 11.1 Å². The summed E-state index contributed by atoms with van der Waals surface area (Å²) in [4.78, 5) is 33.3. The Balaban J connectivity index is 1.31. The van der Waals surface area contributed by atoms with Gasteiger partial charge in [-0.25, -0.2) is 8.78 Å². The van der Waals surface area contributed by atoms with Crippen LogP contribution in [0.15, 0.2) is 54.7 Å². The highest BCUT2D eigenvalue weighted by Gasteiger charge is 2.32. The van der Waals surface area contributed by atoms with E-state index in [2.05, 4.69) is 15.6 Å². The maximum absolute atomic E-state index is 14.8. The van der Waals surface area contributed by atoms with Crippen LogP contribution in [0.3, 0.4) is 0 Å². The lowest BCUT2D eigenvalue weighted by molar-refractivity contribution is -0.129. The van der Waals surface area contributed by atoms with Gasteiger partial charge in [-0.05, 0) is 79.6 Å². The van der Waals surface area contributed by atoms with Crippen molar-refractivity contribution in [1.29, 1.82) is 0 Å². The number of rotatable bonds is 5. The summed E-state index contributed by atoms with van der Waals surface area (Å²) in [5.41, 5.74) is 3.47. The van der Waals surface area contributed by atoms with Gasteiger partial charge in [0.15, 0.2) is 5.82 Å². The molecule has 4 N–H and O–H groups in total. The number of carbonyl (C=O) groups excluding carboxylic acids is 2. The molecule has 1 saturated heterocycles. The number of benzene rings is 2. The Kier molecular flexibility index (Phi) is 9.88. The molecule has 248 valence electrons. The van der Waals surface area contributed by atoms with Crippen LogP contribution in [0.25, 0.3) is 16.7 Å². The highest BCUT2D eigenvalue weighted by atomic mass is 35.5. The van der Waals surface area contributed by atoms with Crippen LogP contribution >= 0.6 is 11.6 Å². The lowest BCUT2D eigenvalue weighted by Gasteiger charge is -2.35. The Morgan fingerprint density at radius 1 is 1.11 bits per heavy atom. The number of amides is 2. The molecule has 0 saturated carbocycles. The molecule has 6 rings (SSSR count). The number of anilines is 2. The molecule has 47 heavy (non-hydrogen) atoms. The average Bonchev–Trinajstić information content (AvgIpc) is 3.06. The molecule has 3 aromatic rings. The molecule has 0 spiro atoms. The van der Waals surface area contributed by atoms with Gasteiger partial charge in [0.2, 0.25) is 11.8 Å². The summed E-state index contributed by atoms with van der Waals surface area (Å²) in [5, 5.41) is 25.8. The van der Waals surface area contributed by atoms with E-state index < -0.39 is 36.1 Å². The van der Waals surface area contributed by atoms with E-state index in [4.69, 9.17) is 16.3 Å². The second-order valence-electron chi connectivity index (χ2n) is 12.4. The minimum Gasteiger partial charge on any atom is -0.394 e. The van der Waals surface area contributed by atoms with Gasteiger partial charge in [0.25, 0.3) is 0 Å². The normalized spacial score (nSPS) is 25.2. The molecule has 3 aliphatic rings. The summed E-state index contributed by atoms with van der Waals surface area (Å²) >= 11 is 5.92. The van der Waals surface area contributed by atoms with Gasteiger partial charge in [0.1, 0.15) is 18.1 Å². The topological polar surface area (TPSA) is 124 Å². The molecular formula is C35H37ClF2N4O5. The minimum atomic E-state index is -0.886. The highest BCUT2D eigenvalue weighted by molar-refractivity contribution is 6.31. The fourth-order valence-electron chi connectivity index (χ4n) is 6.57. The second kappa shape index (κ2) is 14.1. The average molecular weight is 667 g/mol. The van der Waals surface area contributed by atoms with Crippen molar-refractivity contribution in [1.82, 2.24) is 9.88 Å². The number of halogens is 3. The number of ether oxygens (including phenoxy) is 1. The van der Waals surface area contributed by atoms with Crippen molar-refractivity contribution in [2.75, 3.05) is 23.8 Å². The first kappa shape index (κ1) is 33.0. The number of fused-ring (bicyclic) bond motifs is 4. The van der Waals surface area contributed by atoms with Crippen molar-refractivity contribution in [3.8, 4) is 11.1 Å². The van der Waals surface area contributed by atoms with Gasteiger partial charge in [-0.3, -0.25) is 14.6 Å². The standard InChI is InChI=1S/C35H37ClF2N4O5/c1-19-3-2-4-28(42-14-12-21(16-32(42)45)33-25(37)8-7-24(36)34(33)38)27-15-20(11-13-39-27)23-6-5-22(17-26(23)41-35(19)46)40-31-10-9-29(44)30(18-43)47-31/h5-8,11,13,15-17,19,28-31,40,43-44H,2-4,9-10,12,14,18H2,1H3,(H,41,46)/t19-,28+,29+,30-,31?/m1/s1. The SMILES string of the molecule is C[C@@H]1CCC[C@H](N2CCC(c3c(F)ccc(Cl)c3F)=CC2=O)c2cc(ccn2)-c2ccc(NC3CC[C@H](O)[C@@H](CO)O3)cc2NC1=O. The second-order valence-corrected chi connectivity index (χ2v) is 12.8. The number of hydrogen-bond acceptors (Lipinski definition) is 7. The minimum absolute atomic E-state index is 0.139. The lowest BCUT2D eigenvalue weighted by atomic mass is 9.92. The molecule has 2 aromatic carbocycles. The van der Waals surface area contributed by atoms with Crippen molar-refractivity contribution in [2.45, 2.75) is 69.9 Å². The van der Waals surface area contributed by atoms with Gasteiger partial charge in [0.05, 0.1) is 40.7 Å². The van der Waals surface area contributed by atoms with Gasteiger partial charge >= 0.3 is 0 Å². The van der Waals surface area contributed by atoms with Crippen LogP contribution in [0.4, 0.5) is 20.2 Å². The molecular weight excluding hydrogens is 630 g/mol. The number of hydrogen-bond donors (Lipinski definition) is 4. The first-order chi connectivity index (χ1) is 22.6.